The normalized spacial score (nSPS) is 18.9. The van der Waals surface area contributed by atoms with Crippen molar-refractivity contribution in [2.24, 2.45) is 5.73 Å². The maximum atomic E-state index is 6.48. The minimum atomic E-state index is 0.169. The summed E-state index contributed by atoms with van der Waals surface area (Å²) >= 11 is 6.48. The van der Waals surface area contributed by atoms with Gasteiger partial charge >= 0.3 is 0 Å². The van der Waals surface area contributed by atoms with Gasteiger partial charge in [-0.15, -0.1) is 0 Å². The Morgan fingerprint density at radius 1 is 1.19 bits per heavy atom. The van der Waals surface area contributed by atoms with E-state index in [0.29, 0.717) is 0 Å². The number of hydrogen-bond donors (Lipinski definition) is 1. The van der Waals surface area contributed by atoms with Crippen molar-refractivity contribution in [3.05, 3.63) is 28.8 Å². The molecule has 1 aliphatic rings. The zero-order chi connectivity index (χ0) is 15.6. The van der Waals surface area contributed by atoms with E-state index in [4.69, 9.17) is 17.3 Å². The molecule has 0 radical (unpaired) electrons. The molecule has 2 rings (SSSR count). The number of nitrogens with two attached hydrogens (primary N) is 1. The van der Waals surface area contributed by atoms with Crippen LogP contribution in [0, 0.1) is 0 Å². The molecule has 0 bridgehead atoms. The second-order valence-electron chi connectivity index (χ2n) is 7.11. The van der Waals surface area contributed by atoms with E-state index in [1.54, 1.807) is 0 Å². The number of halogens is 1. The maximum Gasteiger partial charge on any atom is 0.0642 e. The van der Waals surface area contributed by atoms with Crippen LogP contribution < -0.4 is 10.6 Å². The highest BCUT2D eigenvalue weighted by Crippen LogP contribution is 2.29. The predicted molar refractivity (Wildman–Crippen MR) is 92.3 cm³/mol. The van der Waals surface area contributed by atoms with Crippen LogP contribution in [0.15, 0.2) is 18.2 Å². The number of rotatable bonds is 3. The smallest absolute Gasteiger partial charge is 0.0642 e. The fourth-order valence-corrected chi connectivity index (χ4v) is 3.25. The van der Waals surface area contributed by atoms with Gasteiger partial charge in [-0.25, -0.2) is 0 Å². The monoisotopic (exact) mass is 309 g/mol. The summed E-state index contributed by atoms with van der Waals surface area (Å²) in [5.41, 5.74) is 8.47. The van der Waals surface area contributed by atoms with Gasteiger partial charge in [-0.05, 0) is 51.8 Å². The summed E-state index contributed by atoms with van der Waals surface area (Å²) in [5.74, 6) is 0. The Balaban J connectivity index is 2.04. The van der Waals surface area contributed by atoms with Crippen LogP contribution in [-0.2, 0) is 6.42 Å². The summed E-state index contributed by atoms with van der Waals surface area (Å²) in [7, 11) is 0. The third-order valence-corrected chi connectivity index (χ3v) is 4.44. The van der Waals surface area contributed by atoms with Crippen molar-refractivity contribution in [1.29, 1.82) is 0 Å². The first-order valence-electron chi connectivity index (χ1n) is 7.81. The third-order valence-electron chi connectivity index (χ3n) is 4.14. The number of anilines is 1. The van der Waals surface area contributed by atoms with Crippen LogP contribution in [0.4, 0.5) is 5.69 Å². The van der Waals surface area contributed by atoms with Crippen LogP contribution in [0.2, 0.25) is 5.02 Å². The van der Waals surface area contributed by atoms with Gasteiger partial charge in [0.05, 0.1) is 10.7 Å². The molecule has 1 aromatic carbocycles. The molecule has 3 nitrogen and oxygen atoms in total. The van der Waals surface area contributed by atoms with Gasteiger partial charge in [0.15, 0.2) is 0 Å². The lowest BCUT2D eigenvalue weighted by Crippen LogP contribution is -2.53. The summed E-state index contributed by atoms with van der Waals surface area (Å²) < 4.78 is 0. The highest BCUT2D eigenvalue weighted by Gasteiger charge is 2.26. The lowest BCUT2D eigenvalue weighted by atomic mass is 10.0. The third kappa shape index (κ3) is 4.35. The van der Waals surface area contributed by atoms with E-state index < -0.39 is 0 Å². The molecule has 21 heavy (non-hydrogen) atoms. The molecule has 1 atom stereocenters. The second kappa shape index (κ2) is 6.55. The van der Waals surface area contributed by atoms with Crippen molar-refractivity contribution in [1.82, 2.24) is 4.90 Å². The fourth-order valence-electron chi connectivity index (χ4n) is 2.92. The van der Waals surface area contributed by atoms with Gasteiger partial charge in [0.25, 0.3) is 0 Å². The predicted octanol–water partition coefficient (Wildman–Crippen LogP) is 3.15. The van der Waals surface area contributed by atoms with Crippen LogP contribution in [-0.4, -0.2) is 42.7 Å². The lowest BCUT2D eigenvalue weighted by molar-refractivity contribution is 0.128. The zero-order valence-corrected chi connectivity index (χ0v) is 14.5. The number of benzene rings is 1. The van der Waals surface area contributed by atoms with E-state index in [0.717, 1.165) is 43.3 Å². The number of piperazine rings is 1. The van der Waals surface area contributed by atoms with E-state index in [2.05, 4.69) is 48.8 Å². The van der Waals surface area contributed by atoms with Gasteiger partial charge in [0.1, 0.15) is 0 Å². The Bertz CT molecular complexity index is 471. The van der Waals surface area contributed by atoms with Gasteiger partial charge in [-0.1, -0.05) is 17.7 Å². The summed E-state index contributed by atoms with van der Waals surface area (Å²) in [5, 5.41) is 0.845. The molecule has 0 aliphatic carbocycles. The SMILES string of the molecule is CC(N)Cc1ccc(N2CCN(C(C)(C)C)CC2)c(Cl)c1. The van der Waals surface area contributed by atoms with Gasteiger partial charge in [-0.2, -0.15) is 0 Å². The first kappa shape index (κ1) is 16.6. The molecule has 1 fully saturated rings. The van der Waals surface area contributed by atoms with Crippen LogP contribution in [0.5, 0.6) is 0 Å². The summed E-state index contributed by atoms with van der Waals surface area (Å²) in [6.45, 7) is 13.1. The molecule has 0 amide bonds. The Morgan fingerprint density at radius 2 is 1.81 bits per heavy atom. The fraction of sp³-hybridized carbons (Fsp3) is 0.647. The second-order valence-corrected chi connectivity index (χ2v) is 7.52. The van der Waals surface area contributed by atoms with Crippen LogP contribution in [0.1, 0.15) is 33.3 Å². The van der Waals surface area contributed by atoms with Crippen LogP contribution in [0.25, 0.3) is 0 Å². The Morgan fingerprint density at radius 3 is 2.29 bits per heavy atom. The molecule has 0 spiro atoms. The van der Waals surface area contributed by atoms with Crippen molar-refractivity contribution in [2.45, 2.75) is 45.7 Å². The standard InChI is InChI=1S/C17H28ClN3/c1-13(19)11-14-5-6-16(15(18)12-14)20-7-9-21(10-8-20)17(2,3)4/h5-6,12-13H,7-11,19H2,1-4H3. The Labute approximate surface area is 134 Å². The van der Waals surface area contributed by atoms with E-state index in [9.17, 15) is 0 Å². The van der Waals surface area contributed by atoms with E-state index >= 15 is 0 Å². The molecule has 1 aromatic rings. The van der Waals surface area contributed by atoms with Crippen molar-refractivity contribution in [2.75, 3.05) is 31.1 Å². The Hall–Kier alpha value is -0.770. The molecule has 0 aromatic heterocycles. The minimum absolute atomic E-state index is 0.169. The number of hydrogen-bond acceptors (Lipinski definition) is 3. The van der Waals surface area contributed by atoms with E-state index in [1.165, 1.54) is 5.56 Å². The van der Waals surface area contributed by atoms with Gasteiger partial charge in [-0.3, -0.25) is 4.90 Å². The molecule has 118 valence electrons. The molecule has 4 heteroatoms. The first-order valence-corrected chi connectivity index (χ1v) is 8.19. The average molecular weight is 310 g/mol. The van der Waals surface area contributed by atoms with Gasteiger partial charge < -0.3 is 10.6 Å². The maximum absolute atomic E-state index is 6.48. The molecular weight excluding hydrogens is 282 g/mol. The highest BCUT2D eigenvalue weighted by molar-refractivity contribution is 6.33. The van der Waals surface area contributed by atoms with Crippen LogP contribution >= 0.6 is 11.6 Å². The van der Waals surface area contributed by atoms with Gasteiger partial charge in [0, 0.05) is 37.8 Å². The van der Waals surface area contributed by atoms with Crippen molar-refractivity contribution < 1.29 is 0 Å². The summed E-state index contributed by atoms with van der Waals surface area (Å²) in [4.78, 5) is 4.92. The largest absolute Gasteiger partial charge is 0.368 e. The summed E-state index contributed by atoms with van der Waals surface area (Å²) in [6.07, 6.45) is 0.873. The summed E-state index contributed by atoms with van der Waals surface area (Å²) in [6, 6.07) is 6.53. The molecule has 2 N–H and O–H groups in total. The zero-order valence-electron chi connectivity index (χ0n) is 13.7. The lowest BCUT2D eigenvalue weighted by Gasteiger charge is -2.43. The quantitative estimate of drug-likeness (QED) is 0.931. The molecule has 1 heterocycles. The molecule has 1 aliphatic heterocycles. The Kier molecular flexibility index (Phi) is 5.18. The molecule has 1 saturated heterocycles. The molecule has 1 unspecified atom stereocenters. The highest BCUT2D eigenvalue weighted by atomic mass is 35.5. The number of nitrogens with zero attached hydrogens (tertiary/aromatic N) is 2. The topological polar surface area (TPSA) is 32.5 Å². The molecular formula is C17H28ClN3. The average Bonchev–Trinajstić information content (AvgIpc) is 2.37. The van der Waals surface area contributed by atoms with Gasteiger partial charge in [0.2, 0.25) is 0 Å². The molecule has 0 saturated carbocycles. The minimum Gasteiger partial charge on any atom is -0.368 e. The van der Waals surface area contributed by atoms with E-state index in [-0.39, 0.29) is 11.6 Å². The van der Waals surface area contributed by atoms with E-state index in [1.807, 2.05) is 6.92 Å². The van der Waals surface area contributed by atoms with Crippen molar-refractivity contribution in [3.63, 3.8) is 0 Å². The first-order chi connectivity index (χ1) is 9.77. The van der Waals surface area contributed by atoms with Crippen molar-refractivity contribution in [3.8, 4) is 0 Å². The van der Waals surface area contributed by atoms with Crippen LogP contribution in [0.3, 0.4) is 0 Å². The van der Waals surface area contributed by atoms with Crippen molar-refractivity contribution >= 4 is 17.3 Å².